The van der Waals surface area contributed by atoms with Crippen LogP contribution in [-0.4, -0.2) is 31.6 Å². The number of methoxy groups -OCH3 is 1. The van der Waals surface area contributed by atoms with Crippen LogP contribution in [0.2, 0.25) is 5.02 Å². The number of barbiturate groups is 1. The quantitative estimate of drug-likeness (QED) is 0.273. The minimum Gasteiger partial charge on any atom is -0.493 e. The van der Waals surface area contributed by atoms with Gasteiger partial charge < -0.3 is 9.47 Å². The van der Waals surface area contributed by atoms with Crippen LogP contribution < -0.4 is 19.7 Å². The van der Waals surface area contributed by atoms with E-state index in [0.29, 0.717) is 25.7 Å². The van der Waals surface area contributed by atoms with Gasteiger partial charge in [-0.05, 0) is 64.6 Å². The molecule has 30 heavy (non-hydrogen) atoms. The first-order chi connectivity index (χ1) is 14.3. The van der Waals surface area contributed by atoms with E-state index in [2.05, 4.69) is 11.2 Å². The van der Waals surface area contributed by atoms with Gasteiger partial charge in [-0.3, -0.25) is 14.9 Å². The fraction of sp³-hybridized carbons (Fsp3) is 0.0952. The topological polar surface area (TPSA) is 84.9 Å². The summed E-state index contributed by atoms with van der Waals surface area (Å²) in [6.45, 7) is 0.0599. The maximum atomic E-state index is 13.0. The number of halogens is 2. The second kappa shape index (κ2) is 9.19. The number of carbonyl (C=O) groups is 3. The third-order valence-corrected chi connectivity index (χ3v) is 5.07. The first kappa shape index (κ1) is 21.7. The molecule has 1 fully saturated rings. The average molecular weight is 537 g/mol. The Kier molecular flexibility index (Phi) is 6.64. The monoisotopic (exact) mass is 536 g/mol. The first-order valence-electron chi connectivity index (χ1n) is 8.46. The zero-order valence-electron chi connectivity index (χ0n) is 15.6. The number of benzene rings is 2. The number of ether oxygens (including phenoxy) is 2. The summed E-state index contributed by atoms with van der Waals surface area (Å²) in [6.07, 6.45) is 6.61. The predicted molar refractivity (Wildman–Crippen MR) is 120 cm³/mol. The summed E-state index contributed by atoms with van der Waals surface area (Å²) in [7, 11) is 1.46. The number of imide groups is 2. The molecule has 0 bridgehead atoms. The summed E-state index contributed by atoms with van der Waals surface area (Å²) in [5.41, 5.74) is 0.529. The number of rotatable bonds is 5. The van der Waals surface area contributed by atoms with Gasteiger partial charge in [-0.25, -0.2) is 9.69 Å². The molecule has 7 nitrogen and oxygen atoms in total. The van der Waals surface area contributed by atoms with E-state index >= 15 is 0 Å². The molecular formula is C21H14ClIN2O5. The molecule has 2 aromatic rings. The second-order valence-corrected chi connectivity index (χ2v) is 7.56. The molecule has 1 heterocycles. The molecule has 1 N–H and O–H groups in total. The highest BCUT2D eigenvalue weighted by Crippen LogP contribution is 2.35. The Morgan fingerprint density at radius 1 is 1.27 bits per heavy atom. The van der Waals surface area contributed by atoms with Crippen molar-refractivity contribution >= 4 is 63.8 Å². The van der Waals surface area contributed by atoms with Crippen LogP contribution in [0.5, 0.6) is 11.5 Å². The van der Waals surface area contributed by atoms with Gasteiger partial charge in [0, 0.05) is 5.02 Å². The van der Waals surface area contributed by atoms with Crippen LogP contribution in [0.3, 0.4) is 0 Å². The minimum absolute atomic E-state index is 0.0599. The number of carbonyl (C=O) groups excluding carboxylic acids is 3. The second-order valence-electron chi connectivity index (χ2n) is 5.96. The highest BCUT2D eigenvalue weighted by molar-refractivity contribution is 14.1. The summed E-state index contributed by atoms with van der Waals surface area (Å²) in [6, 6.07) is 8.65. The van der Waals surface area contributed by atoms with Crippen molar-refractivity contribution in [1.82, 2.24) is 5.32 Å². The number of hydrogen-bond acceptors (Lipinski definition) is 5. The van der Waals surface area contributed by atoms with Crippen LogP contribution in [0.25, 0.3) is 6.08 Å². The Labute approximate surface area is 191 Å². The Hall–Kier alpha value is -3.03. The van der Waals surface area contributed by atoms with E-state index in [9.17, 15) is 14.4 Å². The largest absolute Gasteiger partial charge is 0.493 e. The van der Waals surface area contributed by atoms with E-state index in [4.69, 9.17) is 27.5 Å². The van der Waals surface area contributed by atoms with Gasteiger partial charge in [0.2, 0.25) is 0 Å². The molecule has 3 rings (SSSR count). The zero-order valence-corrected chi connectivity index (χ0v) is 18.5. The highest BCUT2D eigenvalue weighted by Gasteiger charge is 2.37. The lowest BCUT2D eigenvalue weighted by Crippen LogP contribution is -2.54. The third-order valence-electron chi connectivity index (χ3n) is 4.03. The molecule has 1 saturated heterocycles. The summed E-state index contributed by atoms with van der Waals surface area (Å²) in [5, 5.41) is 2.51. The lowest BCUT2D eigenvalue weighted by molar-refractivity contribution is -0.122. The molecule has 0 unspecified atom stereocenters. The predicted octanol–water partition coefficient (Wildman–Crippen LogP) is 3.63. The summed E-state index contributed by atoms with van der Waals surface area (Å²) in [4.78, 5) is 38.4. The fourth-order valence-electron chi connectivity index (χ4n) is 2.75. The lowest BCUT2D eigenvalue weighted by atomic mass is 10.1. The van der Waals surface area contributed by atoms with Gasteiger partial charge in [0.1, 0.15) is 12.2 Å². The number of urea groups is 1. The summed E-state index contributed by atoms with van der Waals surface area (Å²) >= 11 is 8.00. The van der Waals surface area contributed by atoms with Gasteiger partial charge in [-0.1, -0.05) is 23.6 Å². The van der Waals surface area contributed by atoms with Crippen LogP contribution in [0, 0.1) is 15.9 Å². The van der Waals surface area contributed by atoms with E-state index in [1.165, 1.54) is 19.3 Å². The van der Waals surface area contributed by atoms with E-state index in [-0.39, 0.29) is 17.9 Å². The average Bonchev–Trinajstić information content (AvgIpc) is 2.70. The SMILES string of the molecule is C#CCOc1c(I)cc(/C=C2\C(=O)NC(=O)N(c3cccc(Cl)c3)C2=O)cc1OC. The van der Waals surface area contributed by atoms with Crippen LogP contribution in [-0.2, 0) is 9.59 Å². The van der Waals surface area contributed by atoms with E-state index in [0.717, 1.165) is 4.90 Å². The molecule has 1 aliphatic heterocycles. The number of anilines is 1. The van der Waals surface area contributed by atoms with Crippen molar-refractivity contribution in [3.05, 3.63) is 56.1 Å². The standard InChI is InChI=1S/C21H14ClIN2O5/c1-3-7-30-18-16(23)9-12(10-17(18)29-2)8-15-19(26)24-21(28)25(20(15)27)14-6-4-5-13(22)11-14/h1,4-6,8-11H,7H2,2H3,(H,24,26,28)/b15-8+. The number of nitrogens with zero attached hydrogens (tertiary/aromatic N) is 1. The van der Waals surface area contributed by atoms with Gasteiger partial charge in [0.05, 0.1) is 16.4 Å². The molecule has 0 aliphatic carbocycles. The molecule has 0 aromatic heterocycles. The van der Waals surface area contributed by atoms with Gasteiger partial charge in [0.15, 0.2) is 11.5 Å². The number of terminal acetylenes is 1. The number of amides is 4. The van der Waals surface area contributed by atoms with Crippen LogP contribution in [0.4, 0.5) is 10.5 Å². The van der Waals surface area contributed by atoms with Crippen molar-refractivity contribution in [3.63, 3.8) is 0 Å². The minimum atomic E-state index is -0.852. The normalized spacial score (nSPS) is 15.1. The van der Waals surface area contributed by atoms with Gasteiger partial charge in [-0.15, -0.1) is 6.42 Å². The molecule has 0 spiro atoms. The van der Waals surface area contributed by atoms with Gasteiger partial charge in [0.25, 0.3) is 11.8 Å². The van der Waals surface area contributed by atoms with E-state index in [1.807, 2.05) is 22.6 Å². The maximum absolute atomic E-state index is 13.0. The van der Waals surface area contributed by atoms with Gasteiger partial charge >= 0.3 is 6.03 Å². The van der Waals surface area contributed by atoms with E-state index < -0.39 is 17.8 Å². The first-order valence-corrected chi connectivity index (χ1v) is 9.92. The van der Waals surface area contributed by atoms with Crippen molar-refractivity contribution in [2.24, 2.45) is 0 Å². The summed E-state index contributed by atoms with van der Waals surface area (Å²) < 4.78 is 11.5. The summed E-state index contributed by atoms with van der Waals surface area (Å²) in [5.74, 6) is 1.64. The van der Waals surface area contributed by atoms with E-state index in [1.54, 1.807) is 30.3 Å². The lowest BCUT2D eigenvalue weighted by Gasteiger charge is -2.26. The van der Waals surface area contributed by atoms with Crippen LogP contribution in [0.1, 0.15) is 5.56 Å². The molecule has 0 saturated carbocycles. The molecule has 0 atom stereocenters. The molecule has 0 radical (unpaired) electrons. The smallest absolute Gasteiger partial charge is 0.335 e. The molecule has 1 aliphatic rings. The molecule has 4 amide bonds. The highest BCUT2D eigenvalue weighted by atomic mass is 127. The Bertz CT molecular complexity index is 1120. The van der Waals surface area contributed by atoms with Crippen molar-refractivity contribution in [3.8, 4) is 23.8 Å². The van der Waals surface area contributed by atoms with Crippen LogP contribution in [0.15, 0.2) is 42.0 Å². The molecule has 152 valence electrons. The van der Waals surface area contributed by atoms with Crippen molar-refractivity contribution in [2.45, 2.75) is 0 Å². The Morgan fingerprint density at radius 2 is 2.03 bits per heavy atom. The van der Waals surface area contributed by atoms with Crippen molar-refractivity contribution in [1.29, 1.82) is 0 Å². The zero-order chi connectivity index (χ0) is 21.8. The third kappa shape index (κ3) is 4.42. The van der Waals surface area contributed by atoms with Crippen LogP contribution >= 0.6 is 34.2 Å². The number of nitrogens with one attached hydrogen (secondary N) is 1. The Morgan fingerprint density at radius 3 is 2.70 bits per heavy atom. The molecular weight excluding hydrogens is 523 g/mol. The van der Waals surface area contributed by atoms with Gasteiger partial charge in [-0.2, -0.15) is 0 Å². The fourth-order valence-corrected chi connectivity index (χ4v) is 3.72. The molecule has 2 aromatic carbocycles. The van der Waals surface area contributed by atoms with Crippen molar-refractivity contribution < 1.29 is 23.9 Å². The maximum Gasteiger partial charge on any atom is 0.335 e. The Balaban J connectivity index is 2.02. The van der Waals surface area contributed by atoms with Crippen molar-refractivity contribution in [2.75, 3.05) is 18.6 Å². The molecule has 9 heteroatoms. The number of hydrogen-bond donors (Lipinski definition) is 1.